The summed E-state index contributed by atoms with van der Waals surface area (Å²) in [4.78, 5) is 29.4. The third-order valence-electron chi connectivity index (χ3n) is 4.56. The summed E-state index contributed by atoms with van der Waals surface area (Å²) < 4.78 is 10.6. The van der Waals surface area contributed by atoms with Gasteiger partial charge in [0.2, 0.25) is 11.7 Å². The number of hydrogen-bond donors (Lipinski definition) is 2. The fourth-order valence-corrected chi connectivity index (χ4v) is 3.05. The molecule has 0 spiro atoms. The molecule has 1 aliphatic rings. The van der Waals surface area contributed by atoms with Crippen LogP contribution in [0.5, 0.6) is 5.75 Å². The molecular weight excluding hydrogens is 352 g/mol. The van der Waals surface area contributed by atoms with Gasteiger partial charge in [0.05, 0.1) is 18.6 Å². The minimum atomic E-state index is -0.876. The lowest BCUT2D eigenvalue weighted by atomic mass is 9.99. The molecule has 0 radical (unpaired) electrons. The smallest absolute Gasteiger partial charge is 0.318 e. The van der Waals surface area contributed by atoms with Crippen molar-refractivity contribution in [3.05, 3.63) is 30.2 Å². The Balaban J connectivity index is 1.66. The number of hydrogen-bond acceptors (Lipinski definition) is 6. The van der Waals surface area contributed by atoms with Crippen LogP contribution in [0.25, 0.3) is 11.4 Å². The predicted molar refractivity (Wildman–Crippen MR) is 95.2 cm³/mol. The number of carbonyl (C=O) groups excluding carboxylic acids is 1. The van der Waals surface area contributed by atoms with Gasteiger partial charge in [-0.15, -0.1) is 0 Å². The van der Waals surface area contributed by atoms with Gasteiger partial charge in [-0.2, -0.15) is 4.98 Å². The van der Waals surface area contributed by atoms with Gasteiger partial charge in [0, 0.05) is 13.1 Å². The molecule has 2 unspecified atom stereocenters. The fourth-order valence-electron chi connectivity index (χ4n) is 3.05. The molecule has 1 aromatic carbocycles. The molecule has 9 heteroatoms. The molecule has 0 saturated carbocycles. The van der Waals surface area contributed by atoms with Crippen LogP contribution in [0, 0.1) is 5.92 Å². The number of rotatable bonds is 5. The fraction of sp³-hybridized carbons (Fsp3) is 0.444. The number of ether oxygens (including phenoxy) is 1. The largest absolute Gasteiger partial charge is 0.496 e. The van der Waals surface area contributed by atoms with Crippen molar-refractivity contribution in [2.45, 2.75) is 25.8 Å². The zero-order valence-electron chi connectivity index (χ0n) is 15.2. The highest BCUT2D eigenvalue weighted by Crippen LogP contribution is 2.28. The van der Waals surface area contributed by atoms with E-state index in [0.717, 1.165) is 0 Å². The predicted octanol–water partition coefficient (Wildman–Crippen LogP) is 2.31. The number of nitrogens with zero attached hydrogens (tertiary/aromatic N) is 3. The van der Waals surface area contributed by atoms with E-state index >= 15 is 0 Å². The highest BCUT2D eigenvalue weighted by Gasteiger charge is 2.29. The third kappa shape index (κ3) is 4.18. The summed E-state index contributed by atoms with van der Waals surface area (Å²) in [7, 11) is 1.56. The van der Waals surface area contributed by atoms with E-state index in [2.05, 4.69) is 15.5 Å². The number of methoxy groups -OCH3 is 1. The SMILES string of the molecule is COc1ccccc1-c1noc(C(C)NC(=O)N2CCCC(C(=O)O)C2)n1. The highest BCUT2D eigenvalue weighted by atomic mass is 16.5. The molecule has 9 nitrogen and oxygen atoms in total. The van der Waals surface area contributed by atoms with E-state index in [1.807, 2.05) is 18.2 Å². The number of benzene rings is 1. The molecule has 0 bridgehead atoms. The Morgan fingerprint density at radius 3 is 2.93 bits per heavy atom. The van der Waals surface area contributed by atoms with Crippen LogP contribution in [0.4, 0.5) is 4.79 Å². The quantitative estimate of drug-likeness (QED) is 0.824. The lowest BCUT2D eigenvalue weighted by molar-refractivity contribution is -0.143. The van der Waals surface area contributed by atoms with Crippen LogP contribution in [0.1, 0.15) is 31.7 Å². The van der Waals surface area contributed by atoms with E-state index in [-0.39, 0.29) is 18.5 Å². The van der Waals surface area contributed by atoms with Gasteiger partial charge in [0.25, 0.3) is 0 Å². The van der Waals surface area contributed by atoms with E-state index < -0.39 is 17.9 Å². The average molecular weight is 374 g/mol. The molecule has 2 atom stereocenters. The van der Waals surface area contributed by atoms with Crippen molar-refractivity contribution in [1.82, 2.24) is 20.4 Å². The first kappa shape index (κ1) is 18.7. The van der Waals surface area contributed by atoms with E-state index in [4.69, 9.17) is 14.4 Å². The number of carboxylic acid groups (broad SMARTS) is 1. The molecule has 27 heavy (non-hydrogen) atoms. The van der Waals surface area contributed by atoms with Crippen molar-refractivity contribution < 1.29 is 24.0 Å². The van der Waals surface area contributed by atoms with Gasteiger partial charge >= 0.3 is 12.0 Å². The molecule has 1 aromatic heterocycles. The van der Waals surface area contributed by atoms with Gasteiger partial charge in [-0.25, -0.2) is 4.79 Å². The van der Waals surface area contributed by atoms with Crippen molar-refractivity contribution in [3.63, 3.8) is 0 Å². The van der Waals surface area contributed by atoms with Crippen LogP contribution in [-0.4, -0.2) is 52.3 Å². The van der Waals surface area contributed by atoms with Crippen LogP contribution in [0.15, 0.2) is 28.8 Å². The molecule has 2 heterocycles. The molecule has 0 aliphatic carbocycles. The molecule has 2 aromatic rings. The van der Waals surface area contributed by atoms with Crippen LogP contribution in [0.3, 0.4) is 0 Å². The summed E-state index contributed by atoms with van der Waals surface area (Å²) in [5.74, 6) is -0.155. The number of carboxylic acids is 1. The molecule has 1 aliphatic heterocycles. The van der Waals surface area contributed by atoms with Gasteiger partial charge in [-0.3, -0.25) is 4.79 Å². The number of aromatic nitrogens is 2. The summed E-state index contributed by atoms with van der Waals surface area (Å²) in [6.07, 6.45) is 1.25. The van der Waals surface area contributed by atoms with E-state index in [9.17, 15) is 9.59 Å². The summed E-state index contributed by atoms with van der Waals surface area (Å²) in [5, 5.41) is 15.9. The monoisotopic (exact) mass is 374 g/mol. The Hall–Kier alpha value is -3.10. The normalized spacial score (nSPS) is 18.0. The minimum Gasteiger partial charge on any atom is -0.496 e. The Bertz CT molecular complexity index is 822. The van der Waals surface area contributed by atoms with E-state index in [1.54, 1.807) is 20.1 Å². The number of aliphatic carboxylic acids is 1. The Kier molecular flexibility index (Phi) is 5.58. The molecule has 3 rings (SSSR count). The van der Waals surface area contributed by atoms with Crippen LogP contribution >= 0.6 is 0 Å². The van der Waals surface area contributed by atoms with Crippen molar-refractivity contribution in [2.75, 3.05) is 20.2 Å². The van der Waals surface area contributed by atoms with Crippen LogP contribution in [0.2, 0.25) is 0 Å². The molecule has 2 amide bonds. The lowest BCUT2D eigenvalue weighted by Gasteiger charge is -2.31. The summed E-state index contributed by atoms with van der Waals surface area (Å²) in [6, 6.07) is 6.44. The average Bonchev–Trinajstić information content (AvgIpc) is 3.18. The van der Waals surface area contributed by atoms with Gasteiger partial charge in [-0.05, 0) is 31.9 Å². The van der Waals surface area contributed by atoms with Crippen molar-refractivity contribution >= 4 is 12.0 Å². The number of likely N-dealkylation sites (tertiary alicyclic amines) is 1. The second-order valence-electron chi connectivity index (χ2n) is 6.45. The van der Waals surface area contributed by atoms with Gasteiger partial charge in [0.15, 0.2) is 0 Å². The van der Waals surface area contributed by atoms with Crippen LogP contribution in [-0.2, 0) is 4.79 Å². The Morgan fingerprint density at radius 2 is 2.19 bits per heavy atom. The second kappa shape index (κ2) is 8.07. The van der Waals surface area contributed by atoms with Crippen molar-refractivity contribution in [3.8, 4) is 17.1 Å². The third-order valence-corrected chi connectivity index (χ3v) is 4.56. The van der Waals surface area contributed by atoms with Crippen molar-refractivity contribution in [2.24, 2.45) is 5.92 Å². The number of urea groups is 1. The molecule has 1 fully saturated rings. The first-order chi connectivity index (χ1) is 13.0. The Labute approximate surface area is 156 Å². The zero-order valence-corrected chi connectivity index (χ0v) is 15.2. The minimum absolute atomic E-state index is 0.199. The highest BCUT2D eigenvalue weighted by molar-refractivity contribution is 5.76. The summed E-state index contributed by atoms with van der Waals surface area (Å²) in [6.45, 7) is 2.46. The maximum Gasteiger partial charge on any atom is 0.318 e. The maximum absolute atomic E-state index is 12.4. The molecule has 2 N–H and O–H groups in total. The second-order valence-corrected chi connectivity index (χ2v) is 6.45. The van der Waals surface area contributed by atoms with E-state index in [0.29, 0.717) is 36.5 Å². The molecule has 144 valence electrons. The topological polar surface area (TPSA) is 118 Å². The lowest BCUT2D eigenvalue weighted by Crippen LogP contribution is -2.47. The van der Waals surface area contributed by atoms with Gasteiger partial charge < -0.3 is 24.6 Å². The van der Waals surface area contributed by atoms with Crippen molar-refractivity contribution in [1.29, 1.82) is 0 Å². The van der Waals surface area contributed by atoms with E-state index in [1.165, 1.54) is 4.90 Å². The van der Waals surface area contributed by atoms with Crippen LogP contribution < -0.4 is 10.1 Å². The maximum atomic E-state index is 12.4. The van der Waals surface area contributed by atoms with Gasteiger partial charge in [-0.1, -0.05) is 17.3 Å². The van der Waals surface area contributed by atoms with Gasteiger partial charge in [0.1, 0.15) is 11.8 Å². The first-order valence-electron chi connectivity index (χ1n) is 8.75. The number of amides is 2. The number of nitrogens with one attached hydrogen (secondary N) is 1. The zero-order chi connectivity index (χ0) is 19.4. The number of carbonyl (C=O) groups is 2. The standard InChI is InChI=1S/C18H22N4O5/c1-11(19-18(25)22-9-5-6-12(10-22)17(23)24)16-20-15(21-27-16)13-7-3-4-8-14(13)26-2/h3-4,7-8,11-12H,5-6,9-10H2,1-2H3,(H,19,25)(H,23,24). The summed E-state index contributed by atoms with van der Waals surface area (Å²) >= 11 is 0. The summed E-state index contributed by atoms with van der Waals surface area (Å²) in [5.41, 5.74) is 0.689. The number of piperidine rings is 1. The molecule has 1 saturated heterocycles. The Morgan fingerprint density at radius 1 is 1.41 bits per heavy atom. The first-order valence-corrected chi connectivity index (χ1v) is 8.75. The number of para-hydroxylation sites is 1. The molecular formula is C18H22N4O5.